The smallest absolute Gasteiger partial charge is 0.238 e. The Morgan fingerprint density at radius 2 is 1.93 bits per heavy atom. The monoisotopic (exact) mass is 438 g/mol. The molecular weight excluding hydrogens is 412 g/mol. The van der Waals surface area contributed by atoms with Crippen molar-refractivity contribution >= 4 is 27.3 Å². The molecule has 0 fully saturated rings. The van der Waals surface area contributed by atoms with Gasteiger partial charge in [0.25, 0.3) is 0 Å². The van der Waals surface area contributed by atoms with Crippen molar-refractivity contribution in [1.29, 1.82) is 0 Å². The first-order chi connectivity index (χ1) is 13.7. The van der Waals surface area contributed by atoms with E-state index in [2.05, 4.69) is 0 Å². The van der Waals surface area contributed by atoms with E-state index < -0.39 is 10.0 Å². The van der Waals surface area contributed by atoms with Crippen molar-refractivity contribution in [2.45, 2.75) is 26.9 Å². The third-order valence-corrected chi connectivity index (χ3v) is 6.52. The van der Waals surface area contributed by atoms with Crippen LogP contribution in [-0.2, 0) is 27.9 Å². The Bertz CT molecular complexity index is 942. The highest BCUT2D eigenvalue weighted by atomic mass is 32.2. The second-order valence-electron chi connectivity index (χ2n) is 7.47. The van der Waals surface area contributed by atoms with Crippen LogP contribution in [0.4, 0.5) is 0 Å². The quantitative estimate of drug-likeness (QED) is 0.602. The topological polar surface area (TPSA) is 76.2 Å². The molecule has 29 heavy (non-hydrogen) atoms. The van der Waals surface area contributed by atoms with E-state index in [1.807, 2.05) is 49.6 Å². The molecule has 1 aromatic heterocycles. The number of fused-ring (bicyclic) bond motifs is 1. The molecule has 0 radical (unpaired) electrons. The van der Waals surface area contributed by atoms with Gasteiger partial charge in [-0.15, -0.1) is 11.3 Å². The fourth-order valence-corrected chi connectivity index (χ4v) is 4.69. The number of amides is 1. The molecular formula is C20H26N2O5S2. The van der Waals surface area contributed by atoms with Gasteiger partial charge in [-0.3, -0.25) is 4.79 Å². The van der Waals surface area contributed by atoms with Gasteiger partial charge in [0.2, 0.25) is 22.7 Å². The lowest BCUT2D eigenvalue weighted by Gasteiger charge is -2.27. The number of benzene rings is 1. The summed E-state index contributed by atoms with van der Waals surface area (Å²) < 4.78 is 36.3. The van der Waals surface area contributed by atoms with Crippen molar-refractivity contribution in [2.24, 2.45) is 5.92 Å². The minimum absolute atomic E-state index is 0.122. The molecule has 0 bridgehead atoms. The molecule has 0 unspecified atom stereocenters. The molecule has 0 saturated heterocycles. The van der Waals surface area contributed by atoms with Crippen molar-refractivity contribution in [3.05, 3.63) is 46.2 Å². The summed E-state index contributed by atoms with van der Waals surface area (Å²) >= 11 is 1.56. The van der Waals surface area contributed by atoms with E-state index >= 15 is 0 Å². The predicted molar refractivity (Wildman–Crippen MR) is 112 cm³/mol. The lowest BCUT2D eigenvalue weighted by molar-refractivity contribution is -0.132. The van der Waals surface area contributed by atoms with Crippen LogP contribution in [-0.4, -0.2) is 49.7 Å². The number of hydrogen-bond donors (Lipinski definition) is 0. The van der Waals surface area contributed by atoms with Crippen molar-refractivity contribution in [2.75, 3.05) is 26.1 Å². The zero-order valence-electron chi connectivity index (χ0n) is 16.8. The molecule has 1 aliphatic rings. The molecule has 7 nitrogen and oxygen atoms in total. The van der Waals surface area contributed by atoms with Crippen LogP contribution in [0.15, 0.2) is 35.7 Å². The first kappa shape index (κ1) is 21.6. The van der Waals surface area contributed by atoms with Gasteiger partial charge in [0.05, 0.1) is 19.3 Å². The average molecular weight is 439 g/mol. The molecule has 158 valence electrons. The molecule has 0 atom stereocenters. The molecule has 0 saturated carbocycles. The number of nitrogens with zero attached hydrogens (tertiary/aromatic N) is 2. The van der Waals surface area contributed by atoms with Gasteiger partial charge in [0.15, 0.2) is 11.5 Å². The number of rotatable bonds is 9. The number of carbonyl (C=O) groups is 1. The zero-order chi connectivity index (χ0) is 21.0. The van der Waals surface area contributed by atoms with Crippen molar-refractivity contribution in [3.8, 4) is 11.5 Å². The van der Waals surface area contributed by atoms with Crippen LogP contribution < -0.4 is 9.47 Å². The van der Waals surface area contributed by atoms with Crippen LogP contribution >= 0.6 is 11.3 Å². The number of hydrogen-bond acceptors (Lipinski definition) is 6. The Morgan fingerprint density at radius 1 is 1.17 bits per heavy atom. The SMILES string of the molecule is CC(C)CN(CC(=O)N(Cc1ccc2c(c1)OCO2)Cc1cccs1)S(C)(=O)=O. The van der Waals surface area contributed by atoms with Crippen molar-refractivity contribution < 1.29 is 22.7 Å². The lowest BCUT2D eigenvalue weighted by Crippen LogP contribution is -2.43. The highest BCUT2D eigenvalue weighted by Crippen LogP contribution is 2.33. The molecule has 1 amide bonds. The normalized spacial score (nSPS) is 13.3. The Balaban J connectivity index is 1.79. The summed E-state index contributed by atoms with van der Waals surface area (Å²) in [6, 6.07) is 9.48. The third kappa shape index (κ3) is 5.94. The van der Waals surface area contributed by atoms with E-state index in [4.69, 9.17) is 9.47 Å². The molecule has 3 rings (SSSR count). The Morgan fingerprint density at radius 3 is 2.59 bits per heavy atom. The van der Waals surface area contributed by atoms with E-state index in [0.29, 0.717) is 31.1 Å². The summed E-state index contributed by atoms with van der Waals surface area (Å²) in [6.45, 7) is 4.96. The lowest BCUT2D eigenvalue weighted by atomic mass is 10.2. The van der Waals surface area contributed by atoms with Gasteiger partial charge in [-0.2, -0.15) is 4.31 Å². The van der Waals surface area contributed by atoms with E-state index in [1.165, 1.54) is 4.31 Å². The number of ether oxygens (including phenoxy) is 2. The predicted octanol–water partition coefficient (Wildman–Crippen LogP) is 2.92. The van der Waals surface area contributed by atoms with Gasteiger partial charge < -0.3 is 14.4 Å². The van der Waals surface area contributed by atoms with Crippen LogP contribution in [0.25, 0.3) is 0 Å². The molecule has 2 heterocycles. The number of sulfonamides is 1. The van der Waals surface area contributed by atoms with Crippen LogP contribution in [0, 0.1) is 5.92 Å². The van der Waals surface area contributed by atoms with Gasteiger partial charge in [0.1, 0.15) is 0 Å². The van der Waals surface area contributed by atoms with Gasteiger partial charge in [0, 0.05) is 18.0 Å². The minimum Gasteiger partial charge on any atom is -0.454 e. The second-order valence-corrected chi connectivity index (χ2v) is 10.5. The first-order valence-corrected chi connectivity index (χ1v) is 12.1. The summed E-state index contributed by atoms with van der Waals surface area (Å²) in [5, 5.41) is 1.96. The van der Waals surface area contributed by atoms with E-state index in [-0.39, 0.29) is 25.2 Å². The molecule has 1 aliphatic heterocycles. The second kappa shape index (κ2) is 9.15. The summed E-state index contributed by atoms with van der Waals surface area (Å²) in [4.78, 5) is 15.8. The fourth-order valence-electron chi connectivity index (χ4n) is 3.06. The van der Waals surface area contributed by atoms with Gasteiger partial charge in [-0.05, 0) is 35.1 Å². The van der Waals surface area contributed by atoms with E-state index in [0.717, 1.165) is 16.7 Å². The highest BCUT2D eigenvalue weighted by molar-refractivity contribution is 7.88. The van der Waals surface area contributed by atoms with E-state index in [9.17, 15) is 13.2 Å². The maximum Gasteiger partial charge on any atom is 0.238 e. The van der Waals surface area contributed by atoms with Gasteiger partial charge >= 0.3 is 0 Å². The molecule has 1 aromatic carbocycles. The first-order valence-electron chi connectivity index (χ1n) is 9.36. The Labute approximate surface area is 175 Å². The highest BCUT2D eigenvalue weighted by Gasteiger charge is 2.25. The van der Waals surface area contributed by atoms with Crippen LogP contribution in [0.3, 0.4) is 0 Å². The van der Waals surface area contributed by atoms with Gasteiger partial charge in [-0.25, -0.2) is 8.42 Å². The summed E-state index contributed by atoms with van der Waals surface area (Å²) in [7, 11) is -3.48. The minimum atomic E-state index is -3.48. The average Bonchev–Trinajstić information content (AvgIpc) is 3.30. The number of carbonyl (C=O) groups excluding carboxylic acids is 1. The summed E-state index contributed by atoms with van der Waals surface area (Å²) in [5.74, 6) is 1.23. The zero-order valence-corrected chi connectivity index (χ0v) is 18.5. The van der Waals surface area contributed by atoms with Gasteiger partial charge in [-0.1, -0.05) is 26.0 Å². The Hall–Kier alpha value is -2.10. The maximum atomic E-state index is 13.1. The largest absolute Gasteiger partial charge is 0.454 e. The van der Waals surface area contributed by atoms with E-state index in [1.54, 1.807) is 16.2 Å². The van der Waals surface area contributed by atoms with Crippen molar-refractivity contribution in [1.82, 2.24) is 9.21 Å². The van der Waals surface area contributed by atoms with Crippen LogP contribution in [0.2, 0.25) is 0 Å². The van der Waals surface area contributed by atoms with Crippen LogP contribution in [0.1, 0.15) is 24.3 Å². The molecule has 0 spiro atoms. The molecule has 2 aromatic rings. The molecule has 0 aliphatic carbocycles. The molecule has 9 heteroatoms. The summed E-state index contributed by atoms with van der Waals surface area (Å²) in [6.07, 6.45) is 1.14. The maximum absolute atomic E-state index is 13.1. The third-order valence-electron chi connectivity index (χ3n) is 4.44. The number of thiophene rings is 1. The van der Waals surface area contributed by atoms with Crippen molar-refractivity contribution in [3.63, 3.8) is 0 Å². The Kier molecular flexibility index (Phi) is 6.81. The molecule has 0 N–H and O–H groups in total. The van der Waals surface area contributed by atoms with Crippen LogP contribution in [0.5, 0.6) is 11.5 Å². The standard InChI is InChI=1S/C20H26N2O5S2/c1-15(2)10-22(29(3,24)25)13-20(23)21(12-17-5-4-8-28-17)11-16-6-7-18-19(9-16)27-14-26-18/h4-9,15H,10-14H2,1-3H3. The fraction of sp³-hybridized carbons (Fsp3) is 0.450. The summed E-state index contributed by atoms with van der Waals surface area (Å²) in [5.41, 5.74) is 0.897.